The molecule has 0 fully saturated rings. The summed E-state index contributed by atoms with van der Waals surface area (Å²) >= 11 is 0. The highest BCUT2D eigenvalue weighted by Gasteiger charge is 2.05. The highest BCUT2D eigenvalue weighted by molar-refractivity contribution is 5.82. The molecule has 2 aromatic heterocycles. The highest BCUT2D eigenvalue weighted by Crippen LogP contribution is 2.14. The van der Waals surface area contributed by atoms with Crippen LogP contribution in [0, 0.1) is 0 Å². The number of hydrogen-bond donors (Lipinski definition) is 1. The van der Waals surface area contributed by atoms with Crippen LogP contribution in [0.5, 0.6) is 0 Å². The number of fused-ring (bicyclic) bond motifs is 1. The van der Waals surface area contributed by atoms with Gasteiger partial charge in [-0.2, -0.15) is 0 Å². The number of anilines is 1. The van der Waals surface area contributed by atoms with Crippen LogP contribution in [-0.2, 0) is 4.74 Å². The Hall–Kier alpha value is -1.95. The molecular formula is C10H13N5O. The van der Waals surface area contributed by atoms with E-state index in [1.54, 1.807) is 13.4 Å². The third kappa shape index (κ3) is 1.87. The first-order valence-corrected chi connectivity index (χ1v) is 4.81. The lowest BCUT2D eigenvalue weighted by molar-refractivity contribution is 0.226. The van der Waals surface area contributed by atoms with Gasteiger partial charge in [-0.1, -0.05) is 0 Å². The van der Waals surface area contributed by atoms with Crippen molar-refractivity contribution in [3.05, 3.63) is 18.2 Å². The van der Waals surface area contributed by atoms with Crippen LogP contribution >= 0.6 is 0 Å². The molecule has 0 saturated heterocycles. The molecule has 0 aromatic carbocycles. The van der Waals surface area contributed by atoms with E-state index in [0.29, 0.717) is 23.6 Å². The van der Waals surface area contributed by atoms with Gasteiger partial charge in [-0.05, 0) is 12.5 Å². The van der Waals surface area contributed by atoms with Gasteiger partial charge in [0.05, 0.1) is 6.61 Å². The summed E-state index contributed by atoms with van der Waals surface area (Å²) in [5.74, 6) is 0.390. The van der Waals surface area contributed by atoms with Crippen LogP contribution in [0.15, 0.2) is 18.2 Å². The van der Waals surface area contributed by atoms with E-state index in [2.05, 4.69) is 15.0 Å². The molecule has 2 rings (SSSR count). The smallest absolute Gasteiger partial charge is 0.169 e. The second-order valence-corrected chi connectivity index (χ2v) is 3.49. The third-order valence-corrected chi connectivity index (χ3v) is 2.12. The minimum atomic E-state index is 0.390. The molecule has 2 heterocycles. The monoisotopic (exact) mass is 219 g/mol. The maximum atomic E-state index is 5.69. The molecule has 16 heavy (non-hydrogen) atoms. The van der Waals surface area contributed by atoms with Crippen LogP contribution in [0.4, 0.5) is 5.82 Å². The van der Waals surface area contributed by atoms with Gasteiger partial charge in [-0.3, -0.25) is 4.57 Å². The number of methoxy groups -OCH3 is 1. The quantitative estimate of drug-likeness (QED) is 0.830. The van der Waals surface area contributed by atoms with E-state index in [-0.39, 0.29) is 0 Å². The number of rotatable bonds is 3. The van der Waals surface area contributed by atoms with Crippen LogP contribution in [0.1, 0.15) is 6.92 Å². The lowest BCUT2D eigenvalue weighted by Gasteiger charge is -2.00. The number of ether oxygens (including phenoxy) is 1. The fourth-order valence-electron chi connectivity index (χ4n) is 1.47. The van der Waals surface area contributed by atoms with Crippen molar-refractivity contribution < 1.29 is 4.74 Å². The van der Waals surface area contributed by atoms with Gasteiger partial charge in [0.25, 0.3) is 0 Å². The van der Waals surface area contributed by atoms with E-state index in [9.17, 15) is 0 Å². The summed E-state index contributed by atoms with van der Waals surface area (Å²) in [6, 6.07) is 0. The standard InChI is InChI=1S/C10H13N5O/c1-7(4-16-2)3-15-6-14-8-9(11)12-5-13-10(8)15/h3,5-6H,4H2,1-2H3,(H2,11,12,13). The Morgan fingerprint density at radius 2 is 2.31 bits per heavy atom. The van der Waals surface area contributed by atoms with Gasteiger partial charge in [0.15, 0.2) is 17.0 Å². The van der Waals surface area contributed by atoms with E-state index < -0.39 is 0 Å². The SMILES string of the molecule is COCC(C)=Cn1cnc2c(N)ncnc21. The summed E-state index contributed by atoms with van der Waals surface area (Å²) < 4.78 is 6.84. The van der Waals surface area contributed by atoms with Gasteiger partial charge in [0.1, 0.15) is 12.7 Å². The molecule has 0 aliphatic rings. The Kier molecular flexibility index (Phi) is 2.82. The Bertz CT molecular complexity index is 531. The molecule has 6 heteroatoms. The maximum absolute atomic E-state index is 5.69. The Morgan fingerprint density at radius 1 is 1.50 bits per heavy atom. The first kappa shape index (κ1) is 10.6. The largest absolute Gasteiger partial charge is 0.382 e. The van der Waals surface area contributed by atoms with Crippen LogP contribution in [-0.4, -0.2) is 33.2 Å². The van der Waals surface area contributed by atoms with Crippen LogP contribution in [0.25, 0.3) is 17.4 Å². The lowest BCUT2D eigenvalue weighted by atomic mass is 10.3. The van der Waals surface area contributed by atoms with E-state index in [1.165, 1.54) is 6.33 Å². The molecule has 0 aliphatic heterocycles. The molecule has 0 aliphatic carbocycles. The molecule has 0 unspecified atom stereocenters. The Morgan fingerprint density at radius 3 is 3.06 bits per heavy atom. The molecule has 0 spiro atoms. The first-order chi connectivity index (χ1) is 7.72. The molecule has 2 N–H and O–H groups in total. The van der Waals surface area contributed by atoms with Crippen molar-refractivity contribution in [2.24, 2.45) is 0 Å². The lowest BCUT2D eigenvalue weighted by Crippen LogP contribution is -1.96. The van der Waals surface area contributed by atoms with Crippen molar-refractivity contribution in [1.82, 2.24) is 19.5 Å². The molecule has 0 saturated carbocycles. The van der Waals surface area contributed by atoms with Crippen LogP contribution < -0.4 is 5.73 Å². The number of hydrogen-bond acceptors (Lipinski definition) is 5. The minimum absolute atomic E-state index is 0.390. The second-order valence-electron chi connectivity index (χ2n) is 3.49. The Labute approximate surface area is 92.8 Å². The van der Waals surface area contributed by atoms with Crippen molar-refractivity contribution in [2.75, 3.05) is 19.5 Å². The predicted octanol–water partition coefficient (Wildman–Crippen LogP) is 0.916. The summed E-state index contributed by atoms with van der Waals surface area (Å²) in [5, 5.41) is 0. The van der Waals surface area contributed by atoms with E-state index >= 15 is 0 Å². The van der Waals surface area contributed by atoms with Crippen molar-refractivity contribution in [2.45, 2.75) is 6.92 Å². The average Bonchev–Trinajstić information content (AvgIpc) is 2.64. The molecular weight excluding hydrogens is 206 g/mol. The van der Waals surface area contributed by atoms with Crippen molar-refractivity contribution in [1.29, 1.82) is 0 Å². The normalized spacial score (nSPS) is 12.2. The maximum Gasteiger partial charge on any atom is 0.169 e. The van der Waals surface area contributed by atoms with E-state index in [1.807, 2.05) is 17.7 Å². The summed E-state index contributed by atoms with van der Waals surface area (Å²) in [4.78, 5) is 12.2. The number of nitrogens with two attached hydrogens (primary N) is 1. The zero-order valence-electron chi connectivity index (χ0n) is 9.21. The predicted molar refractivity (Wildman–Crippen MR) is 61.6 cm³/mol. The van der Waals surface area contributed by atoms with Gasteiger partial charge in [0.2, 0.25) is 0 Å². The van der Waals surface area contributed by atoms with Gasteiger partial charge in [0, 0.05) is 13.3 Å². The molecule has 0 radical (unpaired) electrons. The van der Waals surface area contributed by atoms with Gasteiger partial charge in [-0.25, -0.2) is 15.0 Å². The summed E-state index contributed by atoms with van der Waals surface area (Å²) in [6.45, 7) is 2.54. The topological polar surface area (TPSA) is 78.9 Å². The van der Waals surface area contributed by atoms with Crippen molar-refractivity contribution in [3.63, 3.8) is 0 Å². The Balaban J connectivity index is 2.47. The van der Waals surface area contributed by atoms with E-state index in [4.69, 9.17) is 10.5 Å². The van der Waals surface area contributed by atoms with E-state index in [0.717, 1.165) is 5.57 Å². The molecule has 0 amide bonds. The summed E-state index contributed by atoms with van der Waals surface area (Å²) in [5.41, 5.74) is 8.07. The average molecular weight is 219 g/mol. The second kappa shape index (κ2) is 4.28. The number of nitrogen functional groups attached to an aromatic ring is 1. The number of imidazole rings is 1. The zero-order chi connectivity index (χ0) is 11.5. The first-order valence-electron chi connectivity index (χ1n) is 4.81. The number of aromatic nitrogens is 4. The van der Waals surface area contributed by atoms with Crippen LogP contribution in [0.3, 0.4) is 0 Å². The van der Waals surface area contributed by atoms with Gasteiger partial charge in [-0.15, -0.1) is 0 Å². The zero-order valence-corrected chi connectivity index (χ0v) is 9.21. The van der Waals surface area contributed by atoms with Crippen molar-refractivity contribution in [3.8, 4) is 0 Å². The number of nitrogens with zero attached hydrogens (tertiary/aromatic N) is 4. The van der Waals surface area contributed by atoms with Gasteiger partial charge < -0.3 is 10.5 Å². The molecule has 0 bridgehead atoms. The molecule has 0 atom stereocenters. The highest BCUT2D eigenvalue weighted by atomic mass is 16.5. The fourth-order valence-corrected chi connectivity index (χ4v) is 1.47. The van der Waals surface area contributed by atoms with Crippen molar-refractivity contribution >= 4 is 23.2 Å². The summed E-state index contributed by atoms with van der Waals surface area (Å²) in [7, 11) is 1.66. The molecule has 2 aromatic rings. The van der Waals surface area contributed by atoms with Crippen LogP contribution in [0.2, 0.25) is 0 Å². The summed E-state index contributed by atoms with van der Waals surface area (Å²) in [6.07, 6.45) is 5.00. The fraction of sp³-hybridized carbons (Fsp3) is 0.300. The van der Waals surface area contributed by atoms with Gasteiger partial charge >= 0.3 is 0 Å². The molecule has 84 valence electrons. The minimum Gasteiger partial charge on any atom is -0.382 e. The third-order valence-electron chi connectivity index (χ3n) is 2.12. The molecule has 6 nitrogen and oxygen atoms in total.